The second kappa shape index (κ2) is 4.24. The van der Waals surface area contributed by atoms with Crippen LogP contribution in [-0.2, 0) is 6.42 Å². The number of benzene rings is 1. The number of rotatable bonds is 1. The lowest BCUT2D eigenvalue weighted by Crippen LogP contribution is -1.94. The summed E-state index contributed by atoms with van der Waals surface area (Å²) < 4.78 is 8.40. The molecule has 1 aromatic carbocycles. The Labute approximate surface area is 124 Å². The molecule has 1 aliphatic rings. The smallest absolute Gasteiger partial charge is 0.139 e. The van der Waals surface area contributed by atoms with Gasteiger partial charge in [0.25, 0.3) is 0 Å². The summed E-state index contributed by atoms with van der Waals surface area (Å²) in [7, 11) is 0. The monoisotopic (exact) mass is 329 g/mol. The number of fused-ring (bicyclic) bond motifs is 2. The highest BCUT2D eigenvalue weighted by molar-refractivity contribution is 9.10. The van der Waals surface area contributed by atoms with Crippen molar-refractivity contribution in [3.05, 3.63) is 46.6 Å². The minimum atomic E-state index is 0.653. The van der Waals surface area contributed by atoms with E-state index in [1.165, 1.54) is 5.56 Å². The van der Waals surface area contributed by atoms with E-state index in [1.807, 2.05) is 34.9 Å². The van der Waals surface area contributed by atoms with Crippen molar-refractivity contribution in [1.29, 1.82) is 0 Å². The molecule has 0 saturated heterocycles. The maximum absolute atomic E-state index is 6.23. The van der Waals surface area contributed by atoms with Gasteiger partial charge in [-0.25, -0.2) is 4.98 Å². The van der Waals surface area contributed by atoms with Crippen LogP contribution in [0.3, 0.4) is 0 Å². The lowest BCUT2D eigenvalue weighted by Gasteiger charge is -2.03. The van der Waals surface area contributed by atoms with Gasteiger partial charge in [0.15, 0.2) is 0 Å². The minimum absolute atomic E-state index is 0.653. The fourth-order valence-corrected chi connectivity index (χ4v) is 2.92. The van der Waals surface area contributed by atoms with Gasteiger partial charge in [0.2, 0.25) is 0 Å². The summed E-state index contributed by atoms with van der Waals surface area (Å²) in [5, 5.41) is 0. The summed E-state index contributed by atoms with van der Waals surface area (Å²) in [4.78, 5) is 4.63. The van der Waals surface area contributed by atoms with Crippen molar-refractivity contribution in [2.24, 2.45) is 0 Å². The number of ether oxygens (including phenoxy) is 1. The molecule has 3 aromatic rings. The predicted octanol–water partition coefficient (Wildman–Crippen LogP) is 3.28. The molecule has 0 saturated carbocycles. The number of imidazole rings is 1. The lowest BCUT2D eigenvalue weighted by molar-refractivity contribution is 0.357. The van der Waals surface area contributed by atoms with E-state index in [0.29, 0.717) is 5.82 Å². The number of nitrogens with two attached hydrogens (primary N) is 1. The highest BCUT2D eigenvalue weighted by atomic mass is 79.9. The molecule has 5 heteroatoms. The van der Waals surface area contributed by atoms with Crippen LogP contribution in [0, 0.1) is 0 Å². The number of anilines is 1. The first-order valence-corrected chi connectivity index (χ1v) is 7.21. The Morgan fingerprint density at radius 1 is 1.25 bits per heavy atom. The standard InChI is InChI=1S/C15H12BrN3O/c16-11-2-4-13-18-14(15(17)19(13)8-11)10-1-3-12-9(7-10)5-6-20-12/h1-4,7-8H,5-6,17H2. The highest BCUT2D eigenvalue weighted by Gasteiger charge is 2.16. The van der Waals surface area contributed by atoms with Crippen LogP contribution >= 0.6 is 15.9 Å². The Balaban J connectivity index is 1.92. The van der Waals surface area contributed by atoms with E-state index in [1.54, 1.807) is 0 Å². The van der Waals surface area contributed by atoms with E-state index >= 15 is 0 Å². The van der Waals surface area contributed by atoms with Gasteiger partial charge in [-0.2, -0.15) is 0 Å². The zero-order valence-corrected chi connectivity index (χ0v) is 12.2. The molecule has 1 aliphatic heterocycles. The van der Waals surface area contributed by atoms with Gasteiger partial charge in [0.05, 0.1) is 6.61 Å². The van der Waals surface area contributed by atoms with E-state index < -0.39 is 0 Å². The van der Waals surface area contributed by atoms with Crippen LogP contribution in [0.5, 0.6) is 5.75 Å². The summed E-state index contributed by atoms with van der Waals surface area (Å²) in [5.41, 5.74) is 10.2. The molecule has 0 amide bonds. The largest absolute Gasteiger partial charge is 0.493 e. The van der Waals surface area contributed by atoms with Crippen LogP contribution in [0.4, 0.5) is 5.82 Å². The Kier molecular flexibility index (Phi) is 2.50. The van der Waals surface area contributed by atoms with Gasteiger partial charge < -0.3 is 10.5 Å². The van der Waals surface area contributed by atoms with Crippen molar-refractivity contribution in [1.82, 2.24) is 9.38 Å². The Morgan fingerprint density at radius 2 is 2.15 bits per heavy atom. The van der Waals surface area contributed by atoms with Gasteiger partial charge in [-0.3, -0.25) is 4.40 Å². The molecule has 4 nitrogen and oxygen atoms in total. The number of pyridine rings is 1. The molecule has 0 bridgehead atoms. The average molecular weight is 330 g/mol. The fraction of sp³-hybridized carbons (Fsp3) is 0.133. The maximum Gasteiger partial charge on any atom is 0.139 e. The van der Waals surface area contributed by atoms with E-state index in [4.69, 9.17) is 10.5 Å². The van der Waals surface area contributed by atoms with E-state index in [0.717, 1.165) is 40.2 Å². The molecular formula is C15H12BrN3O. The topological polar surface area (TPSA) is 52.5 Å². The second-order valence-electron chi connectivity index (χ2n) is 4.84. The molecular weight excluding hydrogens is 318 g/mol. The molecule has 2 aromatic heterocycles. The molecule has 100 valence electrons. The third-order valence-corrected chi connectivity index (χ3v) is 4.05. The van der Waals surface area contributed by atoms with Gasteiger partial charge in [-0.1, -0.05) is 0 Å². The molecule has 0 aliphatic carbocycles. The summed E-state index contributed by atoms with van der Waals surface area (Å²) in [6, 6.07) is 10.0. The number of nitrogens with zero attached hydrogens (tertiary/aromatic N) is 2. The molecule has 3 heterocycles. The fourth-order valence-electron chi connectivity index (χ4n) is 2.58. The van der Waals surface area contributed by atoms with Crippen molar-refractivity contribution in [2.45, 2.75) is 6.42 Å². The summed E-state index contributed by atoms with van der Waals surface area (Å²) in [6.07, 6.45) is 2.87. The van der Waals surface area contributed by atoms with E-state index in [9.17, 15) is 0 Å². The first-order valence-electron chi connectivity index (χ1n) is 6.41. The third kappa shape index (κ3) is 1.70. The molecule has 0 atom stereocenters. The number of hydrogen-bond acceptors (Lipinski definition) is 3. The van der Waals surface area contributed by atoms with Gasteiger partial charge >= 0.3 is 0 Å². The van der Waals surface area contributed by atoms with Crippen LogP contribution in [0.2, 0.25) is 0 Å². The van der Waals surface area contributed by atoms with Crippen molar-refractivity contribution in [2.75, 3.05) is 12.3 Å². The molecule has 0 radical (unpaired) electrons. The molecule has 2 N–H and O–H groups in total. The molecule has 4 rings (SSSR count). The number of aromatic nitrogens is 2. The van der Waals surface area contributed by atoms with Gasteiger partial charge in [0, 0.05) is 22.7 Å². The quantitative estimate of drug-likeness (QED) is 0.745. The van der Waals surface area contributed by atoms with Crippen LogP contribution in [0.1, 0.15) is 5.56 Å². The minimum Gasteiger partial charge on any atom is -0.493 e. The van der Waals surface area contributed by atoms with Crippen molar-refractivity contribution < 1.29 is 4.74 Å². The van der Waals surface area contributed by atoms with Crippen molar-refractivity contribution >= 4 is 27.4 Å². The molecule has 0 spiro atoms. The Bertz CT molecular complexity index is 825. The first-order chi connectivity index (χ1) is 9.72. The first kappa shape index (κ1) is 11.8. The van der Waals surface area contributed by atoms with Crippen molar-refractivity contribution in [3.8, 4) is 17.0 Å². The molecule has 0 unspecified atom stereocenters. The normalized spacial score (nSPS) is 13.4. The zero-order valence-electron chi connectivity index (χ0n) is 10.6. The third-order valence-electron chi connectivity index (χ3n) is 3.58. The number of hydrogen-bond donors (Lipinski definition) is 1. The van der Waals surface area contributed by atoms with Crippen LogP contribution in [-0.4, -0.2) is 16.0 Å². The predicted molar refractivity (Wildman–Crippen MR) is 81.9 cm³/mol. The molecule has 20 heavy (non-hydrogen) atoms. The molecule has 0 fully saturated rings. The second-order valence-corrected chi connectivity index (χ2v) is 5.76. The Morgan fingerprint density at radius 3 is 3.05 bits per heavy atom. The van der Waals surface area contributed by atoms with E-state index in [2.05, 4.69) is 27.0 Å². The summed E-state index contributed by atoms with van der Waals surface area (Å²) >= 11 is 3.45. The van der Waals surface area contributed by atoms with Crippen molar-refractivity contribution in [3.63, 3.8) is 0 Å². The lowest BCUT2D eigenvalue weighted by atomic mass is 10.1. The summed E-state index contributed by atoms with van der Waals surface area (Å²) in [5.74, 6) is 1.62. The SMILES string of the molecule is Nc1c(-c2ccc3c(c2)CCO3)nc2ccc(Br)cn12. The Hall–Kier alpha value is -2.01. The van der Waals surface area contributed by atoms with E-state index in [-0.39, 0.29) is 0 Å². The zero-order chi connectivity index (χ0) is 13.7. The number of nitrogen functional groups attached to an aromatic ring is 1. The average Bonchev–Trinajstić information content (AvgIpc) is 3.03. The van der Waals surface area contributed by atoms with Crippen LogP contribution < -0.4 is 10.5 Å². The van der Waals surface area contributed by atoms with Gasteiger partial charge in [0.1, 0.15) is 22.9 Å². The van der Waals surface area contributed by atoms with Crippen LogP contribution in [0.15, 0.2) is 41.0 Å². The maximum atomic E-state index is 6.23. The van der Waals surface area contributed by atoms with Crippen LogP contribution in [0.25, 0.3) is 16.9 Å². The highest BCUT2D eigenvalue weighted by Crippen LogP contribution is 2.33. The summed E-state index contributed by atoms with van der Waals surface area (Å²) in [6.45, 7) is 0.756. The number of halogens is 1. The van der Waals surface area contributed by atoms with Gasteiger partial charge in [-0.05, 0) is 51.8 Å². The van der Waals surface area contributed by atoms with Gasteiger partial charge in [-0.15, -0.1) is 0 Å².